The van der Waals surface area contributed by atoms with Crippen LogP contribution in [0.1, 0.15) is 22.3 Å². The highest BCUT2D eigenvalue weighted by atomic mass is 14.3. The molecular formula is C30H16. The molecule has 0 amide bonds. The lowest BCUT2D eigenvalue weighted by Gasteiger charge is -2.12. The van der Waals surface area contributed by atoms with Gasteiger partial charge >= 0.3 is 0 Å². The molecule has 0 bridgehead atoms. The second-order valence-corrected chi connectivity index (χ2v) is 8.50. The van der Waals surface area contributed by atoms with E-state index in [-0.39, 0.29) is 0 Å². The topological polar surface area (TPSA) is 0 Å². The zero-order chi connectivity index (χ0) is 19.4. The summed E-state index contributed by atoms with van der Waals surface area (Å²) in [7, 11) is 0. The smallest absolute Gasteiger partial charge is 0.00134 e. The predicted octanol–water partition coefficient (Wildman–Crippen LogP) is 7.93. The normalized spacial score (nSPS) is 13.9. The maximum Gasteiger partial charge on any atom is -0.00134 e. The highest BCUT2D eigenvalue weighted by molar-refractivity contribution is 6.33. The van der Waals surface area contributed by atoms with Crippen molar-refractivity contribution in [1.82, 2.24) is 0 Å². The Morgan fingerprint density at radius 2 is 0.533 bits per heavy atom. The van der Waals surface area contributed by atoms with Crippen molar-refractivity contribution in [3.05, 3.63) is 119 Å². The van der Waals surface area contributed by atoms with Gasteiger partial charge in [0.25, 0.3) is 0 Å². The van der Waals surface area contributed by atoms with E-state index in [1.54, 1.807) is 0 Å². The lowest BCUT2D eigenvalue weighted by atomic mass is 9.90. The fourth-order valence-corrected chi connectivity index (χ4v) is 5.97. The highest BCUT2D eigenvalue weighted by Crippen LogP contribution is 2.53. The third kappa shape index (κ3) is 1.58. The van der Waals surface area contributed by atoms with E-state index < -0.39 is 0 Å². The van der Waals surface area contributed by atoms with Crippen molar-refractivity contribution >= 4 is 54.2 Å². The second kappa shape index (κ2) is 4.98. The molecule has 30 heavy (non-hydrogen) atoms. The van der Waals surface area contributed by atoms with Crippen molar-refractivity contribution < 1.29 is 0 Å². The molecule has 0 atom stereocenters. The van der Waals surface area contributed by atoms with Gasteiger partial charge in [0.2, 0.25) is 0 Å². The maximum absolute atomic E-state index is 2.31. The summed E-state index contributed by atoms with van der Waals surface area (Å²) < 4.78 is 0. The largest absolute Gasteiger partial charge is 0.0610 e. The summed E-state index contributed by atoms with van der Waals surface area (Å²) in [6.07, 6.45) is 0. The Morgan fingerprint density at radius 1 is 0.267 bits per heavy atom. The average Bonchev–Trinajstić information content (AvgIpc) is 3.31. The Kier molecular flexibility index (Phi) is 2.49. The molecule has 6 aromatic carbocycles. The second-order valence-electron chi connectivity index (χ2n) is 8.50. The first kappa shape index (κ1) is 15.0. The molecule has 0 aliphatic heterocycles. The van der Waals surface area contributed by atoms with Gasteiger partial charge in [-0.25, -0.2) is 0 Å². The Hall–Kier alpha value is -3.90. The monoisotopic (exact) mass is 376 g/mol. The van der Waals surface area contributed by atoms with Crippen LogP contribution in [0.25, 0.3) is 54.2 Å². The molecule has 0 saturated heterocycles. The van der Waals surface area contributed by atoms with Crippen molar-refractivity contribution in [3.8, 4) is 0 Å². The van der Waals surface area contributed by atoms with Crippen molar-refractivity contribution in [1.29, 1.82) is 0 Å². The van der Waals surface area contributed by atoms with E-state index in [2.05, 4.69) is 97.1 Å². The first-order valence-electron chi connectivity index (χ1n) is 10.5. The van der Waals surface area contributed by atoms with Crippen LogP contribution in [0, 0.1) is 0 Å². The van der Waals surface area contributed by atoms with Crippen LogP contribution in [0.2, 0.25) is 0 Å². The van der Waals surface area contributed by atoms with Crippen molar-refractivity contribution in [3.63, 3.8) is 0 Å². The third-order valence-electron chi connectivity index (χ3n) is 7.10. The van der Waals surface area contributed by atoms with Crippen molar-refractivity contribution in [2.45, 2.75) is 0 Å². The molecule has 0 fully saturated rings. The molecule has 2 aliphatic carbocycles. The zero-order valence-corrected chi connectivity index (χ0v) is 16.2. The SMILES string of the molecule is c1cc2c3c(c1)ccc1cccc(c13)C2=C1c2cccc3ccc4cccc1c4c23. The average molecular weight is 376 g/mol. The van der Waals surface area contributed by atoms with Gasteiger partial charge in [-0.05, 0) is 76.5 Å². The van der Waals surface area contributed by atoms with Gasteiger partial charge in [-0.2, -0.15) is 0 Å². The minimum Gasteiger partial charge on any atom is -0.0610 e. The molecular weight excluding hydrogens is 360 g/mol. The molecule has 0 saturated carbocycles. The number of hydrogen-bond acceptors (Lipinski definition) is 0. The Balaban J connectivity index is 1.67. The van der Waals surface area contributed by atoms with Crippen LogP contribution in [0.5, 0.6) is 0 Å². The summed E-state index contributed by atoms with van der Waals surface area (Å²) in [5.74, 6) is 0. The van der Waals surface area contributed by atoms with Crippen molar-refractivity contribution in [2.75, 3.05) is 0 Å². The summed E-state index contributed by atoms with van der Waals surface area (Å²) >= 11 is 0. The molecule has 0 radical (unpaired) electrons. The Bertz CT molecular complexity index is 1520. The van der Waals surface area contributed by atoms with Gasteiger partial charge in [-0.1, -0.05) is 97.1 Å². The standard InChI is InChI=1S/C30H16/c1-5-17-13-14-18-6-2-10-22-26(18)25(17)21(9-1)29(22)30-23-11-3-7-19-15-16-20-8-4-12-24(30)28(20)27(19)23/h1-16H. The van der Waals surface area contributed by atoms with Crippen LogP contribution in [0.4, 0.5) is 0 Å². The molecule has 0 heterocycles. The van der Waals surface area contributed by atoms with E-state index in [0.29, 0.717) is 0 Å². The molecule has 0 aromatic heterocycles. The van der Waals surface area contributed by atoms with Gasteiger partial charge in [0.05, 0.1) is 0 Å². The lowest BCUT2D eigenvalue weighted by Crippen LogP contribution is -1.91. The summed E-state index contributed by atoms with van der Waals surface area (Å²) in [6, 6.07) is 36.1. The van der Waals surface area contributed by atoms with E-state index in [4.69, 9.17) is 0 Å². The van der Waals surface area contributed by atoms with Crippen LogP contribution < -0.4 is 0 Å². The Labute approximate surface area is 173 Å². The van der Waals surface area contributed by atoms with Crippen LogP contribution in [0.3, 0.4) is 0 Å². The van der Waals surface area contributed by atoms with Crippen LogP contribution in [-0.2, 0) is 0 Å². The number of benzene rings is 6. The zero-order valence-electron chi connectivity index (χ0n) is 16.2. The van der Waals surface area contributed by atoms with Crippen LogP contribution in [-0.4, -0.2) is 0 Å². The van der Waals surface area contributed by atoms with Gasteiger partial charge in [0, 0.05) is 0 Å². The molecule has 0 heteroatoms. The molecule has 0 nitrogen and oxygen atoms in total. The number of hydrogen-bond donors (Lipinski definition) is 0. The van der Waals surface area contributed by atoms with Gasteiger partial charge in [0.15, 0.2) is 0 Å². The van der Waals surface area contributed by atoms with Gasteiger partial charge in [0.1, 0.15) is 0 Å². The molecule has 0 N–H and O–H groups in total. The maximum atomic E-state index is 2.31. The lowest BCUT2D eigenvalue weighted by molar-refractivity contribution is 1.65. The fraction of sp³-hybridized carbons (Fsp3) is 0. The minimum absolute atomic E-state index is 1.33. The van der Waals surface area contributed by atoms with Gasteiger partial charge in [-0.15, -0.1) is 0 Å². The van der Waals surface area contributed by atoms with E-state index >= 15 is 0 Å². The first-order chi connectivity index (χ1) is 14.9. The van der Waals surface area contributed by atoms with Crippen molar-refractivity contribution in [2.24, 2.45) is 0 Å². The summed E-state index contributed by atoms with van der Waals surface area (Å²) in [5.41, 5.74) is 8.27. The van der Waals surface area contributed by atoms with Gasteiger partial charge in [-0.3, -0.25) is 0 Å². The first-order valence-corrected chi connectivity index (χ1v) is 10.5. The summed E-state index contributed by atoms with van der Waals surface area (Å²) in [4.78, 5) is 0. The molecule has 6 aromatic rings. The fourth-order valence-electron chi connectivity index (χ4n) is 5.97. The van der Waals surface area contributed by atoms with Gasteiger partial charge < -0.3 is 0 Å². The van der Waals surface area contributed by atoms with Crippen LogP contribution in [0.15, 0.2) is 97.1 Å². The minimum atomic E-state index is 1.33. The summed E-state index contributed by atoms with van der Waals surface area (Å²) in [5, 5.41) is 10.9. The predicted molar refractivity (Wildman–Crippen MR) is 128 cm³/mol. The molecule has 8 rings (SSSR count). The van der Waals surface area contributed by atoms with E-state index in [1.165, 1.54) is 76.5 Å². The molecule has 2 aliphatic rings. The summed E-state index contributed by atoms with van der Waals surface area (Å²) in [6.45, 7) is 0. The van der Waals surface area contributed by atoms with E-state index in [9.17, 15) is 0 Å². The van der Waals surface area contributed by atoms with E-state index in [0.717, 1.165) is 0 Å². The number of rotatable bonds is 0. The van der Waals surface area contributed by atoms with E-state index in [1.807, 2.05) is 0 Å². The third-order valence-corrected chi connectivity index (χ3v) is 7.10. The molecule has 0 spiro atoms. The highest BCUT2D eigenvalue weighted by Gasteiger charge is 2.30. The quantitative estimate of drug-likeness (QED) is 0.236. The molecule has 136 valence electrons. The Morgan fingerprint density at radius 3 is 0.800 bits per heavy atom. The van der Waals surface area contributed by atoms with Crippen LogP contribution >= 0.6 is 0 Å². The molecule has 0 unspecified atom stereocenters.